The van der Waals surface area contributed by atoms with Crippen molar-refractivity contribution in [2.45, 2.75) is 13.2 Å². The van der Waals surface area contributed by atoms with E-state index in [0.717, 1.165) is 11.1 Å². The molecule has 0 aromatic heterocycles. The monoisotopic (exact) mass is 726 g/mol. The first kappa shape index (κ1) is 32.4. The largest absolute Gasteiger partial charge is 0.497 e. The third kappa shape index (κ3) is 7.83. The summed E-state index contributed by atoms with van der Waals surface area (Å²) in [6.07, 6.45) is 1.76. The summed E-state index contributed by atoms with van der Waals surface area (Å²) >= 11 is 17.0. The zero-order valence-electron chi connectivity index (χ0n) is 23.9. The van der Waals surface area contributed by atoms with Gasteiger partial charge in [0.2, 0.25) is 0 Å². The van der Waals surface area contributed by atoms with E-state index in [4.69, 9.17) is 42.4 Å². The fourth-order valence-corrected chi connectivity index (χ4v) is 6.23. The Morgan fingerprint density at radius 3 is 2.31 bits per heavy atom. The zero-order chi connectivity index (χ0) is 32.1. The van der Waals surface area contributed by atoms with Crippen LogP contribution in [-0.2, 0) is 17.9 Å². The minimum Gasteiger partial charge on any atom is -0.497 e. The number of carboxylic acids is 1. The normalized spacial score (nSPS) is 14.7. The molecule has 0 bridgehead atoms. The number of halogens is 3. The average Bonchev–Trinajstić information content (AvgIpc) is 3.31. The fraction of sp³-hybridized carbons (Fsp3) is 0.121. The molecule has 8 nitrogen and oxygen atoms in total. The molecule has 0 atom stereocenters. The molecule has 1 fully saturated rings. The summed E-state index contributed by atoms with van der Waals surface area (Å²) in [6, 6.07) is 22.5. The number of rotatable bonds is 10. The number of thioether (sulfide) groups is 1. The Kier molecular flexibility index (Phi) is 10.4. The number of amides is 1. The van der Waals surface area contributed by atoms with Gasteiger partial charge in [-0.2, -0.15) is 0 Å². The number of nitrogens with zero attached hydrogens (tertiary/aromatic N) is 2. The summed E-state index contributed by atoms with van der Waals surface area (Å²) in [7, 11) is 3.12. The van der Waals surface area contributed by atoms with Gasteiger partial charge < -0.3 is 19.3 Å². The molecule has 45 heavy (non-hydrogen) atoms. The minimum absolute atomic E-state index is 0.164. The van der Waals surface area contributed by atoms with E-state index in [9.17, 15) is 14.7 Å². The van der Waals surface area contributed by atoms with E-state index < -0.39 is 5.97 Å². The molecule has 4 aromatic carbocycles. The molecule has 12 heteroatoms. The van der Waals surface area contributed by atoms with Crippen molar-refractivity contribution < 1.29 is 28.9 Å². The molecular formula is C33H25BrCl2N2O6S. The summed E-state index contributed by atoms with van der Waals surface area (Å²) in [6.45, 7) is 0.431. The zero-order valence-corrected chi connectivity index (χ0v) is 27.8. The first-order valence-corrected chi connectivity index (χ1v) is 15.7. The SMILES string of the molecule is COc1ccc(N=C2S/C(=C\c3cc(Br)c(OCc4ccc(Cl)c(Cl)c4)c(OC)c3)C(=O)N2Cc2ccc(C(=O)O)cc2)cc1. The number of carbonyl (C=O) groups excluding carboxylic acids is 1. The molecule has 0 spiro atoms. The predicted octanol–water partition coefficient (Wildman–Crippen LogP) is 8.85. The number of carbonyl (C=O) groups is 2. The fourth-order valence-electron chi connectivity index (χ4n) is 4.33. The number of benzene rings is 4. The summed E-state index contributed by atoms with van der Waals surface area (Å²) < 4.78 is 17.6. The summed E-state index contributed by atoms with van der Waals surface area (Å²) in [5.74, 6) is 0.380. The summed E-state index contributed by atoms with van der Waals surface area (Å²) in [5, 5.41) is 10.6. The summed E-state index contributed by atoms with van der Waals surface area (Å²) in [5.41, 5.74) is 3.10. The number of methoxy groups -OCH3 is 2. The van der Waals surface area contributed by atoms with Crippen LogP contribution in [0.5, 0.6) is 17.2 Å². The highest BCUT2D eigenvalue weighted by atomic mass is 79.9. The lowest BCUT2D eigenvalue weighted by Gasteiger charge is -2.16. The van der Waals surface area contributed by atoms with Crippen LogP contribution in [-0.4, -0.2) is 41.3 Å². The highest BCUT2D eigenvalue weighted by molar-refractivity contribution is 9.10. The number of aromatic carboxylic acids is 1. The van der Waals surface area contributed by atoms with Gasteiger partial charge in [0.1, 0.15) is 12.4 Å². The van der Waals surface area contributed by atoms with E-state index in [0.29, 0.717) is 53.1 Å². The van der Waals surface area contributed by atoms with Crippen molar-refractivity contribution in [3.8, 4) is 17.2 Å². The highest BCUT2D eigenvalue weighted by Crippen LogP contribution is 2.40. The van der Waals surface area contributed by atoms with Crippen LogP contribution < -0.4 is 14.2 Å². The molecule has 0 unspecified atom stereocenters. The van der Waals surface area contributed by atoms with Crippen molar-refractivity contribution in [2.24, 2.45) is 4.99 Å². The van der Waals surface area contributed by atoms with Gasteiger partial charge in [0.25, 0.3) is 5.91 Å². The maximum Gasteiger partial charge on any atom is 0.335 e. The van der Waals surface area contributed by atoms with Gasteiger partial charge in [0.05, 0.1) is 51.4 Å². The van der Waals surface area contributed by atoms with E-state index in [1.54, 1.807) is 72.7 Å². The van der Waals surface area contributed by atoms with Crippen LogP contribution in [0.1, 0.15) is 27.0 Å². The second-order valence-corrected chi connectivity index (χ2v) is 12.3. The molecule has 1 aliphatic heterocycles. The number of hydrogen-bond donors (Lipinski definition) is 1. The van der Waals surface area contributed by atoms with Crippen LogP contribution >= 0.6 is 50.9 Å². The predicted molar refractivity (Wildman–Crippen MR) is 181 cm³/mol. The first-order valence-electron chi connectivity index (χ1n) is 13.4. The highest BCUT2D eigenvalue weighted by Gasteiger charge is 2.33. The van der Waals surface area contributed by atoms with Gasteiger partial charge in [-0.3, -0.25) is 9.69 Å². The van der Waals surface area contributed by atoms with Crippen LogP contribution in [0.4, 0.5) is 5.69 Å². The lowest BCUT2D eigenvalue weighted by atomic mass is 10.1. The van der Waals surface area contributed by atoms with E-state index in [1.807, 2.05) is 12.1 Å². The van der Waals surface area contributed by atoms with Gasteiger partial charge in [-0.05, 0) is 111 Å². The molecule has 5 rings (SSSR count). The maximum atomic E-state index is 13.8. The van der Waals surface area contributed by atoms with E-state index in [1.165, 1.54) is 31.0 Å². The molecule has 0 radical (unpaired) electrons. The molecule has 1 N–H and O–H groups in total. The Labute approximate surface area is 282 Å². The van der Waals surface area contributed by atoms with Gasteiger partial charge in [-0.25, -0.2) is 9.79 Å². The van der Waals surface area contributed by atoms with Gasteiger partial charge in [0.15, 0.2) is 16.7 Å². The standard InChI is InChI=1S/C33H25BrCl2N2O6S/c1-42-24-10-8-23(9-11-24)37-33-38(17-19-3-6-22(7-4-19)32(40)41)31(39)29(45-33)16-21-13-25(34)30(28(15-21)43-2)44-18-20-5-12-26(35)27(36)14-20/h3-16H,17-18H2,1-2H3,(H,40,41)/b29-16-,37-33?. The first-order chi connectivity index (χ1) is 21.6. The average molecular weight is 728 g/mol. The maximum absolute atomic E-state index is 13.8. The van der Waals surface area contributed by atoms with Gasteiger partial charge >= 0.3 is 5.97 Å². The van der Waals surface area contributed by atoms with Crippen molar-refractivity contribution >= 4 is 79.7 Å². The molecule has 1 heterocycles. The molecular weight excluding hydrogens is 703 g/mol. The Hall–Kier alpha value is -3.96. The van der Waals surface area contributed by atoms with Crippen molar-refractivity contribution in [2.75, 3.05) is 14.2 Å². The number of aliphatic imine (C=N–C) groups is 1. The number of hydrogen-bond acceptors (Lipinski definition) is 7. The molecule has 4 aromatic rings. The Balaban J connectivity index is 1.44. The number of amidine groups is 1. The number of ether oxygens (including phenoxy) is 3. The Bertz CT molecular complexity index is 1810. The van der Waals surface area contributed by atoms with Gasteiger partial charge in [0, 0.05) is 0 Å². The third-order valence-corrected chi connectivity index (χ3v) is 8.98. The Morgan fingerprint density at radius 2 is 1.67 bits per heavy atom. The topological polar surface area (TPSA) is 97.7 Å². The molecule has 0 saturated carbocycles. The van der Waals surface area contributed by atoms with E-state index >= 15 is 0 Å². The molecule has 0 aliphatic carbocycles. The van der Waals surface area contributed by atoms with Gasteiger partial charge in [-0.1, -0.05) is 41.4 Å². The Morgan fingerprint density at radius 1 is 0.956 bits per heavy atom. The second-order valence-electron chi connectivity index (χ2n) is 9.67. The lowest BCUT2D eigenvalue weighted by molar-refractivity contribution is -0.122. The van der Waals surface area contributed by atoms with Gasteiger partial charge in [-0.15, -0.1) is 0 Å². The quantitative estimate of drug-likeness (QED) is 0.163. The van der Waals surface area contributed by atoms with E-state index in [-0.39, 0.29) is 24.6 Å². The molecule has 230 valence electrons. The second kappa shape index (κ2) is 14.4. The van der Waals surface area contributed by atoms with Crippen LogP contribution in [0.15, 0.2) is 93.2 Å². The van der Waals surface area contributed by atoms with Crippen LogP contribution in [0, 0.1) is 0 Å². The van der Waals surface area contributed by atoms with Crippen molar-refractivity contribution in [1.82, 2.24) is 4.90 Å². The number of carboxylic acid groups (broad SMARTS) is 1. The van der Waals surface area contributed by atoms with Crippen LogP contribution in [0.2, 0.25) is 10.0 Å². The van der Waals surface area contributed by atoms with Crippen LogP contribution in [0.3, 0.4) is 0 Å². The van der Waals surface area contributed by atoms with E-state index in [2.05, 4.69) is 15.9 Å². The lowest BCUT2D eigenvalue weighted by Crippen LogP contribution is -2.28. The molecule has 1 saturated heterocycles. The van der Waals surface area contributed by atoms with Crippen molar-refractivity contribution in [3.05, 3.63) is 121 Å². The molecule has 1 amide bonds. The third-order valence-electron chi connectivity index (χ3n) is 6.64. The molecule has 1 aliphatic rings. The van der Waals surface area contributed by atoms with Crippen molar-refractivity contribution in [1.29, 1.82) is 0 Å². The van der Waals surface area contributed by atoms with Crippen LogP contribution in [0.25, 0.3) is 6.08 Å². The summed E-state index contributed by atoms with van der Waals surface area (Å²) in [4.78, 5) is 31.8. The smallest absolute Gasteiger partial charge is 0.335 e. The minimum atomic E-state index is -1.02. The van der Waals surface area contributed by atoms with Crippen molar-refractivity contribution in [3.63, 3.8) is 0 Å².